The quantitative estimate of drug-likeness (QED) is 0.199. The van der Waals surface area contributed by atoms with Gasteiger partial charge in [0.05, 0.1) is 26.9 Å². The number of hydrogen-bond donors (Lipinski definition) is 0. The lowest BCUT2D eigenvalue weighted by molar-refractivity contribution is -0.129. The highest BCUT2D eigenvalue weighted by molar-refractivity contribution is 5.93. The Labute approximate surface area is 194 Å². The van der Waals surface area contributed by atoms with E-state index in [1.54, 1.807) is 34.3 Å². The topological polar surface area (TPSA) is 54.0 Å². The molecule has 4 rings (SSSR count). The largest absolute Gasteiger partial charge is 0.496 e. The number of ether oxygens (including phenoxy) is 4. The molecule has 33 heavy (non-hydrogen) atoms. The van der Waals surface area contributed by atoms with Gasteiger partial charge in [-0.15, -0.1) is 0 Å². The zero-order valence-corrected chi connectivity index (χ0v) is 19.7. The van der Waals surface area contributed by atoms with Gasteiger partial charge in [-0.25, -0.2) is 4.79 Å². The maximum absolute atomic E-state index is 12.3. The molecule has 0 bridgehead atoms. The fraction of sp³-hybridized carbons (Fsp3) is 0.250. The smallest absolute Gasteiger partial charge is 0.335 e. The van der Waals surface area contributed by atoms with Crippen LogP contribution in [0, 0.1) is 0 Å². The molecule has 0 radical (unpaired) electrons. The Hall–Kier alpha value is -3.73. The number of allylic oxidation sites excluding steroid dienone is 1. The minimum absolute atomic E-state index is 0.316. The third-order valence-electron chi connectivity index (χ3n) is 6.01. The van der Waals surface area contributed by atoms with Crippen LogP contribution in [0.5, 0.6) is 23.0 Å². The maximum atomic E-state index is 12.3. The molecule has 1 aliphatic rings. The van der Waals surface area contributed by atoms with Crippen LogP contribution in [0.25, 0.3) is 22.3 Å². The fourth-order valence-corrected chi connectivity index (χ4v) is 4.65. The monoisotopic (exact) mass is 444 g/mol. The van der Waals surface area contributed by atoms with Crippen molar-refractivity contribution in [2.45, 2.75) is 26.7 Å². The van der Waals surface area contributed by atoms with Crippen LogP contribution in [-0.4, -0.2) is 27.3 Å². The first-order valence-electron chi connectivity index (χ1n) is 11.0. The molecular formula is C28H28O5. The lowest BCUT2D eigenvalue weighted by Crippen LogP contribution is -2.10. The summed E-state index contributed by atoms with van der Waals surface area (Å²) in [5, 5.41) is 0. The Morgan fingerprint density at radius 2 is 1.52 bits per heavy atom. The number of fused-ring (bicyclic) bond motifs is 3. The summed E-state index contributed by atoms with van der Waals surface area (Å²) in [6, 6.07) is 14.7. The molecule has 5 heteroatoms. The van der Waals surface area contributed by atoms with Crippen molar-refractivity contribution in [1.82, 2.24) is 0 Å². The Kier molecular flexibility index (Phi) is 6.40. The SMILES string of the molecule is CC=CC(=O)Oc1c(CC)c(OC)c(-c2cccc3c2Cc2ccccc2-3)c(OC)c1OC. The Morgan fingerprint density at radius 3 is 2.18 bits per heavy atom. The maximum Gasteiger partial charge on any atom is 0.335 e. The van der Waals surface area contributed by atoms with E-state index in [1.165, 1.54) is 28.3 Å². The number of benzene rings is 3. The lowest BCUT2D eigenvalue weighted by atomic mass is 9.91. The average molecular weight is 445 g/mol. The zero-order valence-electron chi connectivity index (χ0n) is 19.7. The fourth-order valence-electron chi connectivity index (χ4n) is 4.65. The number of esters is 1. The summed E-state index contributed by atoms with van der Waals surface area (Å²) in [6.07, 6.45) is 4.39. The second kappa shape index (κ2) is 9.41. The zero-order chi connectivity index (χ0) is 23.5. The summed E-state index contributed by atoms with van der Waals surface area (Å²) in [5.41, 5.74) is 7.49. The number of methoxy groups -OCH3 is 3. The summed E-state index contributed by atoms with van der Waals surface area (Å²) in [6.45, 7) is 3.75. The molecule has 5 nitrogen and oxygen atoms in total. The van der Waals surface area contributed by atoms with Crippen molar-refractivity contribution in [1.29, 1.82) is 0 Å². The first-order chi connectivity index (χ1) is 16.1. The van der Waals surface area contributed by atoms with Gasteiger partial charge in [-0.05, 0) is 47.6 Å². The molecule has 3 aromatic carbocycles. The molecule has 0 amide bonds. The predicted octanol–water partition coefficient (Wildman–Crippen LogP) is 5.99. The molecule has 3 aromatic rings. The number of hydrogen-bond acceptors (Lipinski definition) is 5. The molecular weight excluding hydrogens is 416 g/mol. The predicted molar refractivity (Wildman–Crippen MR) is 130 cm³/mol. The average Bonchev–Trinajstić information content (AvgIpc) is 3.22. The van der Waals surface area contributed by atoms with E-state index < -0.39 is 5.97 Å². The van der Waals surface area contributed by atoms with Crippen molar-refractivity contribution < 1.29 is 23.7 Å². The van der Waals surface area contributed by atoms with Gasteiger partial charge in [0.2, 0.25) is 5.75 Å². The summed E-state index contributed by atoms with van der Waals surface area (Å²) in [4.78, 5) is 12.3. The number of rotatable bonds is 7. The van der Waals surface area contributed by atoms with Gasteiger partial charge in [0.15, 0.2) is 11.5 Å². The molecule has 0 heterocycles. The minimum Gasteiger partial charge on any atom is -0.496 e. The van der Waals surface area contributed by atoms with Crippen molar-refractivity contribution in [3.63, 3.8) is 0 Å². The van der Waals surface area contributed by atoms with Crippen molar-refractivity contribution in [2.24, 2.45) is 0 Å². The summed E-state index contributed by atoms with van der Waals surface area (Å²) in [5.74, 6) is 1.29. The Bertz CT molecular complexity index is 1210. The minimum atomic E-state index is -0.488. The van der Waals surface area contributed by atoms with Crippen molar-refractivity contribution in [2.75, 3.05) is 21.3 Å². The third-order valence-corrected chi connectivity index (χ3v) is 6.01. The van der Waals surface area contributed by atoms with Crippen molar-refractivity contribution in [3.05, 3.63) is 71.3 Å². The van der Waals surface area contributed by atoms with Gasteiger partial charge in [0.1, 0.15) is 5.75 Å². The Balaban J connectivity index is 2.02. The first-order valence-corrected chi connectivity index (χ1v) is 11.0. The molecule has 0 unspecified atom stereocenters. The van der Waals surface area contributed by atoms with E-state index in [9.17, 15) is 4.79 Å². The van der Waals surface area contributed by atoms with Crippen molar-refractivity contribution >= 4 is 5.97 Å². The molecule has 1 aliphatic carbocycles. The van der Waals surface area contributed by atoms with Crippen molar-refractivity contribution in [3.8, 4) is 45.3 Å². The van der Waals surface area contributed by atoms with E-state index in [-0.39, 0.29) is 0 Å². The van der Waals surface area contributed by atoms with Crippen LogP contribution in [0.15, 0.2) is 54.6 Å². The highest BCUT2D eigenvalue weighted by Gasteiger charge is 2.31. The van der Waals surface area contributed by atoms with E-state index in [1.807, 2.05) is 13.0 Å². The normalized spacial score (nSPS) is 11.8. The molecule has 170 valence electrons. The molecule has 0 saturated heterocycles. The highest BCUT2D eigenvalue weighted by Crippen LogP contribution is 2.55. The van der Waals surface area contributed by atoms with Crippen LogP contribution < -0.4 is 18.9 Å². The van der Waals surface area contributed by atoms with E-state index in [0.29, 0.717) is 29.4 Å². The standard InChI is InChI=1S/C28H28O5/c1-6-11-23(29)33-26-18(7-2)25(30-3)24(27(31-4)28(26)32-5)21-15-10-14-20-19-13-9-8-12-17(19)16-22(20)21/h6,8-15H,7,16H2,1-5H3. The Morgan fingerprint density at radius 1 is 0.848 bits per heavy atom. The second-order valence-corrected chi connectivity index (χ2v) is 7.72. The summed E-state index contributed by atoms with van der Waals surface area (Å²) in [7, 11) is 4.76. The molecule has 0 saturated carbocycles. The molecule has 0 aliphatic heterocycles. The first kappa shape index (κ1) is 22.5. The number of carbonyl (C=O) groups is 1. The van der Waals surface area contributed by atoms with Gasteiger partial charge in [0, 0.05) is 11.6 Å². The second-order valence-electron chi connectivity index (χ2n) is 7.72. The van der Waals surface area contributed by atoms with Crippen LogP contribution in [0.3, 0.4) is 0 Å². The van der Waals surface area contributed by atoms with E-state index in [2.05, 4.69) is 36.4 Å². The van der Waals surface area contributed by atoms with Gasteiger partial charge in [0.25, 0.3) is 0 Å². The van der Waals surface area contributed by atoms with Crippen LogP contribution in [0.2, 0.25) is 0 Å². The van der Waals surface area contributed by atoms with Gasteiger partial charge >= 0.3 is 5.97 Å². The van der Waals surface area contributed by atoms with E-state index in [4.69, 9.17) is 18.9 Å². The summed E-state index contributed by atoms with van der Waals surface area (Å²) < 4.78 is 23.3. The highest BCUT2D eigenvalue weighted by atomic mass is 16.6. The van der Waals surface area contributed by atoms with Gasteiger partial charge in [-0.3, -0.25) is 0 Å². The van der Waals surface area contributed by atoms with Gasteiger partial charge < -0.3 is 18.9 Å². The van der Waals surface area contributed by atoms with Gasteiger partial charge in [-0.2, -0.15) is 0 Å². The van der Waals surface area contributed by atoms with Crippen LogP contribution in [0.1, 0.15) is 30.5 Å². The van der Waals surface area contributed by atoms with E-state index in [0.717, 1.165) is 23.1 Å². The summed E-state index contributed by atoms with van der Waals surface area (Å²) >= 11 is 0. The molecule has 0 aromatic heterocycles. The van der Waals surface area contributed by atoms with Crippen LogP contribution >= 0.6 is 0 Å². The third kappa shape index (κ3) is 3.74. The lowest BCUT2D eigenvalue weighted by Gasteiger charge is -2.24. The molecule has 0 N–H and O–H groups in total. The molecule has 0 spiro atoms. The van der Waals surface area contributed by atoms with Crippen LogP contribution in [-0.2, 0) is 17.6 Å². The van der Waals surface area contributed by atoms with Gasteiger partial charge in [-0.1, -0.05) is 55.5 Å². The van der Waals surface area contributed by atoms with E-state index >= 15 is 0 Å². The molecule has 0 atom stereocenters. The molecule has 0 fully saturated rings. The van der Waals surface area contributed by atoms with Crippen LogP contribution in [0.4, 0.5) is 0 Å². The number of carbonyl (C=O) groups excluding carboxylic acids is 1.